The van der Waals surface area contributed by atoms with Crippen molar-refractivity contribution < 1.29 is 22.7 Å². The van der Waals surface area contributed by atoms with Gasteiger partial charge in [0.1, 0.15) is 17.0 Å². The van der Waals surface area contributed by atoms with Gasteiger partial charge in [0.15, 0.2) is 21.4 Å². The lowest BCUT2D eigenvalue weighted by atomic mass is 9.95. The van der Waals surface area contributed by atoms with Crippen molar-refractivity contribution in [3.8, 4) is 5.75 Å². The number of nitrogens with one attached hydrogen (secondary N) is 1. The second-order valence-corrected chi connectivity index (χ2v) is 11.4. The van der Waals surface area contributed by atoms with Crippen molar-refractivity contribution >= 4 is 21.6 Å². The Labute approximate surface area is 187 Å². The molecule has 0 bridgehead atoms. The van der Waals surface area contributed by atoms with E-state index in [9.17, 15) is 13.2 Å². The van der Waals surface area contributed by atoms with Crippen molar-refractivity contribution in [2.45, 2.75) is 44.0 Å². The Hall–Kier alpha value is -2.86. The minimum Gasteiger partial charge on any atom is -0.485 e. The Bertz CT molecular complexity index is 1080. The number of hydrogen-bond acceptors (Lipinski definition) is 10. The van der Waals surface area contributed by atoms with Crippen LogP contribution in [0.3, 0.4) is 0 Å². The quantitative estimate of drug-likeness (QED) is 0.508. The van der Waals surface area contributed by atoms with Gasteiger partial charge in [0.2, 0.25) is 5.82 Å². The Morgan fingerprint density at radius 3 is 2.59 bits per heavy atom. The van der Waals surface area contributed by atoms with Crippen molar-refractivity contribution in [3.05, 3.63) is 35.7 Å². The summed E-state index contributed by atoms with van der Waals surface area (Å²) < 4.78 is 35.6. The van der Waals surface area contributed by atoms with Crippen molar-refractivity contribution in [1.82, 2.24) is 15.3 Å². The molecule has 1 saturated heterocycles. The highest BCUT2D eigenvalue weighted by atomic mass is 32.2. The number of amides is 1. The molecule has 3 heterocycles. The number of rotatable bonds is 5. The normalized spacial score (nSPS) is 24.0. The Balaban J connectivity index is 2.23. The molecule has 32 heavy (non-hydrogen) atoms. The molecule has 0 spiro atoms. The first-order chi connectivity index (χ1) is 14.9. The van der Waals surface area contributed by atoms with E-state index in [2.05, 4.69) is 15.3 Å². The van der Waals surface area contributed by atoms with Crippen LogP contribution >= 0.6 is 0 Å². The lowest BCUT2D eigenvalue weighted by Gasteiger charge is -2.51. The van der Waals surface area contributed by atoms with E-state index in [-0.39, 0.29) is 35.6 Å². The number of hydrogen-bond donors (Lipinski definition) is 3. The Kier molecular flexibility index (Phi) is 6.13. The number of sulfone groups is 1. The van der Waals surface area contributed by atoms with Crippen LogP contribution in [0.25, 0.3) is 0 Å². The van der Waals surface area contributed by atoms with Crippen LogP contribution in [-0.2, 0) is 19.3 Å². The van der Waals surface area contributed by atoms with E-state index in [0.29, 0.717) is 19.0 Å². The summed E-state index contributed by atoms with van der Waals surface area (Å²) >= 11 is 0. The first-order valence-corrected chi connectivity index (χ1v) is 12.0. The molecule has 0 radical (unpaired) electrons. The van der Waals surface area contributed by atoms with Gasteiger partial charge in [-0.15, -0.1) is 0 Å². The topological polar surface area (TPSA) is 163 Å². The molecule has 0 unspecified atom stereocenters. The highest BCUT2D eigenvalue weighted by molar-refractivity contribution is 7.91. The molecule has 0 aliphatic carbocycles. The third-order valence-electron chi connectivity index (χ3n) is 5.81. The molecule has 1 fully saturated rings. The van der Waals surface area contributed by atoms with E-state index in [1.807, 2.05) is 18.7 Å². The molecule has 0 saturated carbocycles. The number of ether oxygens (including phenoxy) is 2. The summed E-state index contributed by atoms with van der Waals surface area (Å²) in [6.45, 7) is 8.09. The van der Waals surface area contributed by atoms with Crippen molar-refractivity contribution in [2.24, 2.45) is 11.5 Å². The molecular weight excluding hydrogens is 436 g/mol. The molecule has 12 heteroatoms. The minimum atomic E-state index is -3.63. The Morgan fingerprint density at radius 1 is 1.31 bits per heavy atom. The number of aromatic nitrogens is 2. The van der Waals surface area contributed by atoms with E-state index in [0.717, 1.165) is 6.26 Å². The highest BCUT2D eigenvalue weighted by Gasteiger charge is 2.49. The molecule has 2 aliphatic rings. The van der Waals surface area contributed by atoms with E-state index in [4.69, 9.17) is 20.9 Å². The van der Waals surface area contributed by atoms with Gasteiger partial charge in [-0.2, -0.15) is 0 Å². The zero-order valence-electron chi connectivity index (χ0n) is 18.9. The number of allylic oxidation sites excluding steroid dienone is 1. The maximum absolute atomic E-state index is 13.0. The maximum Gasteiger partial charge on any atom is 0.293 e. The van der Waals surface area contributed by atoms with Crippen LogP contribution in [0.4, 0.5) is 5.82 Å². The number of nitrogens with zero attached hydrogens (tertiary/aromatic N) is 3. The van der Waals surface area contributed by atoms with Crippen LogP contribution in [0, 0.1) is 0 Å². The predicted molar refractivity (Wildman–Crippen MR) is 120 cm³/mol. The molecule has 1 aromatic heterocycles. The number of anilines is 1. The highest BCUT2D eigenvalue weighted by Crippen LogP contribution is 2.45. The van der Waals surface area contributed by atoms with Gasteiger partial charge < -0.3 is 31.2 Å². The van der Waals surface area contributed by atoms with E-state index in [1.54, 1.807) is 0 Å². The fraction of sp³-hybridized carbons (Fsp3) is 0.550. The number of carbonyl (C=O) groups excluding carboxylic acids is 1. The monoisotopic (exact) mass is 466 g/mol. The zero-order valence-corrected chi connectivity index (χ0v) is 19.7. The number of carbonyl (C=O) groups is 1. The summed E-state index contributed by atoms with van der Waals surface area (Å²) in [5, 5.41) is 2.57. The summed E-state index contributed by atoms with van der Waals surface area (Å²) in [6, 6.07) is -0.0870. The summed E-state index contributed by atoms with van der Waals surface area (Å²) in [5.74, 6) is -0.276. The Morgan fingerprint density at radius 2 is 2.00 bits per heavy atom. The fourth-order valence-electron chi connectivity index (χ4n) is 3.78. The summed E-state index contributed by atoms with van der Waals surface area (Å²) in [4.78, 5) is 23.9. The van der Waals surface area contributed by atoms with Gasteiger partial charge in [-0.1, -0.05) is 0 Å². The zero-order chi connectivity index (χ0) is 23.9. The van der Waals surface area contributed by atoms with Crippen LogP contribution < -0.4 is 26.4 Å². The third-order valence-corrected chi connectivity index (χ3v) is 7.86. The number of morpholine rings is 1. The predicted octanol–water partition coefficient (Wildman–Crippen LogP) is 0.135. The second kappa shape index (κ2) is 8.24. The van der Waals surface area contributed by atoms with Crippen LogP contribution in [-0.4, -0.2) is 62.0 Å². The van der Waals surface area contributed by atoms with E-state index in [1.165, 1.54) is 32.3 Å². The lowest BCUT2D eigenvalue weighted by molar-refractivity contribution is 0.00696. The summed E-state index contributed by atoms with van der Waals surface area (Å²) in [7, 11) is -3.63. The first kappa shape index (κ1) is 23.8. The molecule has 5 N–H and O–H groups in total. The van der Waals surface area contributed by atoms with Crippen LogP contribution in [0.2, 0.25) is 0 Å². The van der Waals surface area contributed by atoms with Crippen molar-refractivity contribution in [1.29, 1.82) is 0 Å². The smallest absolute Gasteiger partial charge is 0.293 e. The standard InChI is InChI=1S/C20H30N6O5S/c1-12-9-30-10-20(4)11-31-14-15(19(2,3)32(5,28)29)24-16(25-17(14)26(12)20)18(27)23-13(8-22)6-7-21/h6-8,12H,9-11,21-22H2,1-5H3,(H,23,27)/b7-6-,13-8+/t12-,20+/m1/s1. The van der Waals surface area contributed by atoms with Crippen LogP contribution in [0.5, 0.6) is 5.75 Å². The molecule has 176 valence electrons. The maximum atomic E-state index is 13.0. The lowest BCUT2D eigenvalue weighted by Crippen LogP contribution is -2.64. The molecule has 1 aromatic rings. The van der Waals surface area contributed by atoms with Crippen molar-refractivity contribution in [3.63, 3.8) is 0 Å². The molecule has 1 amide bonds. The molecule has 11 nitrogen and oxygen atoms in total. The van der Waals surface area contributed by atoms with Gasteiger partial charge >= 0.3 is 0 Å². The van der Waals surface area contributed by atoms with Gasteiger partial charge in [0.25, 0.3) is 5.91 Å². The van der Waals surface area contributed by atoms with Gasteiger partial charge in [0.05, 0.1) is 30.5 Å². The summed E-state index contributed by atoms with van der Waals surface area (Å²) in [6.07, 6.45) is 4.92. The third kappa shape index (κ3) is 3.99. The molecular formula is C20H30N6O5S. The second-order valence-electron chi connectivity index (χ2n) is 8.79. The largest absolute Gasteiger partial charge is 0.485 e. The van der Waals surface area contributed by atoms with Gasteiger partial charge in [0, 0.05) is 12.5 Å². The molecule has 2 atom stereocenters. The van der Waals surface area contributed by atoms with E-state index < -0.39 is 26.0 Å². The molecule has 3 rings (SSSR count). The van der Waals surface area contributed by atoms with Gasteiger partial charge in [-0.25, -0.2) is 18.4 Å². The average molecular weight is 467 g/mol. The number of nitrogens with two attached hydrogens (primary N) is 2. The number of fused-ring (bicyclic) bond motifs is 3. The fourth-order valence-corrected chi connectivity index (χ4v) is 4.27. The van der Waals surface area contributed by atoms with Crippen LogP contribution in [0.15, 0.2) is 24.2 Å². The molecule has 0 aromatic carbocycles. The summed E-state index contributed by atoms with van der Waals surface area (Å²) in [5.41, 5.74) is 10.7. The van der Waals surface area contributed by atoms with Crippen LogP contribution in [0.1, 0.15) is 44.0 Å². The van der Waals surface area contributed by atoms with E-state index >= 15 is 0 Å². The van der Waals surface area contributed by atoms with Gasteiger partial charge in [-0.3, -0.25) is 4.79 Å². The SMILES string of the molecule is C[C@@H]1COC[C@@]2(C)COc3c(nc(C(=O)NC(/C=C\N)=C/N)nc3C(C)(C)S(C)(=O)=O)N12. The molecule has 2 aliphatic heterocycles. The average Bonchev–Trinajstić information content (AvgIpc) is 2.71. The van der Waals surface area contributed by atoms with Gasteiger partial charge in [-0.05, 0) is 40.0 Å². The van der Waals surface area contributed by atoms with Crippen molar-refractivity contribution in [2.75, 3.05) is 31.0 Å². The first-order valence-electron chi connectivity index (χ1n) is 10.1. The minimum absolute atomic E-state index is 0.0870.